The van der Waals surface area contributed by atoms with Crippen LogP contribution >= 0.6 is 0 Å². The van der Waals surface area contributed by atoms with Crippen molar-refractivity contribution in [1.29, 1.82) is 0 Å². The summed E-state index contributed by atoms with van der Waals surface area (Å²) in [5.74, 6) is -10.5. The Labute approximate surface area is 164 Å². The number of benzene rings is 1. The summed E-state index contributed by atoms with van der Waals surface area (Å²) in [5, 5.41) is 0. The van der Waals surface area contributed by atoms with Crippen LogP contribution in [0.2, 0.25) is 0 Å². The van der Waals surface area contributed by atoms with Crippen LogP contribution < -0.4 is 4.90 Å². The average Bonchev–Trinajstić information content (AvgIpc) is 2.76. The third-order valence-corrected chi connectivity index (χ3v) is 5.42. The molecule has 0 unspecified atom stereocenters. The maximum atomic E-state index is 14.0. The maximum Gasteiger partial charge on any atom is 0.245 e. The molecular formula is C19H20F5N3O2. The molecule has 2 amide bonds. The highest BCUT2D eigenvalue weighted by Crippen LogP contribution is 2.31. The minimum absolute atomic E-state index is 0.0577. The largest absolute Gasteiger partial charge is 0.363 e. The summed E-state index contributed by atoms with van der Waals surface area (Å²) in [6, 6.07) is 0. The molecule has 2 aliphatic heterocycles. The molecule has 2 fully saturated rings. The molecule has 0 aromatic heterocycles. The van der Waals surface area contributed by atoms with Gasteiger partial charge in [0, 0.05) is 45.2 Å². The Morgan fingerprint density at radius 2 is 1.24 bits per heavy atom. The number of nitrogens with zero attached hydrogens (tertiary/aromatic N) is 3. The van der Waals surface area contributed by atoms with Gasteiger partial charge in [-0.2, -0.15) is 0 Å². The lowest BCUT2D eigenvalue weighted by molar-refractivity contribution is -0.139. The van der Waals surface area contributed by atoms with Crippen molar-refractivity contribution in [3.05, 3.63) is 41.7 Å². The molecule has 158 valence electrons. The van der Waals surface area contributed by atoms with E-state index in [1.54, 1.807) is 4.90 Å². The first-order chi connectivity index (χ1) is 13.8. The number of likely N-dealkylation sites (tertiary alicyclic amines) is 1. The Balaban J connectivity index is 1.62. The van der Waals surface area contributed by atoms with Crippen LogP contribution in [0.1, 0.15) is 12.8 Å². The first kappa shape index (κ1) is 21.1. The van der Waals surface area contributed by atoms with E-state index in [0.717, 1.165) is 4.90 Å². The molecule has 5 nitrogen and oxygen atoms in total. The normalized spacial score (nSPS) is 18.2. The van der Waals surface area contributed by atoms with Crippen molar-refractivity contribution in [1.82, 2.24) is 9.80 Å². The molecule has 0 aliphatic carbocycles. The fraction of sp³-hybridized carbons (Fsp3) is 0.474. The van der Waals surface area contributed by atoms with Gasteiger partial charge in [-0.3, -0.25) is 9.59 Å². The molecule has 0 saturated carbocycles. The first-order valence-corrected chi connectivity index (χ1v) is 9.22. The molecule has 1 aromatic carbocycles. The van der Waals surface area contributed by atoms with E-state index < -0.39 is 34.8 Å². The Bertz CT molecular complexity index is 803. The van der Waals surface area contributed by atoms with Gasteiger partial charge in [-0.1, -0.05) is 6.58 Å². The van der Waals surface area contributed by atoms with Crippen LogP contribution in [0.3, 0.4) is 0 Å². The predicted octanol–water partition coefficient (Wildman–Crippen LogP) is 2.46. The van der Waals surface area contributed by atoms with E-state index in [-0.39, 0.29) is 43.9 Å². The molecule has 1 aromatic rings. The van der Waals surface area contributed by atoms with Crippen molar-refractivity contribution in [3.63, 3.8) is 0 Å². The average molecular weight is 417 g/mol. The van der Waals surface area contributed by atoms with Crippen molar-refractivity contribution >= 4 is 17.5 Å². The Morgan fingerprint density at radius 3 is 1.72 bits per heavy atom. The number of amides is 2. The highest BCUT2D eigenvalue weighted by atomic mass is 19.2. The number of piperidine rings is 1. The number of piperazine rings is 1. The smallest absolute Gasteiger partial charge is 0.245 e. The number of carbonyl (C=O) groups excluding carboxylic acids is 2. The lowest BCUT2D eigenvalue weighted by atomic mass is 9.95. The van der Waals surface area contributed by atoms with Crippen molar-refractivity contribution < 1.29 is 31.5 Å². The second-order valence-corrected chi connectivity index (χ2v) is 7.03. The van der Waals surface area contributed by atoms with Gasteiger partial charge >= 0.3 is 0 Å². The SMILES string of the molecule is C=CC(=O)N1CCC(C(=O)N2CCN(c3c(F)c(F)c(F)c(F)c3F)CC2)CC1. The van der Waals surface area contributed by atoms with Crippen molar-refractivity contribution in [2.24, 2.45) is 5.92 Å². The van der Waals surface area contributed by atoms with E-state index in [2.05, 4.69) is 6.58 Å². The van der Waals surface area contributed by atoms with E-state index in [9.17, 15) is 31.5 Å². The van der Waals surface area contributed by atoms with Gasteiger partial charge in [0.2, 0.25) is 17.6 Å². The molecule has 10 heteroatoms. The number of hydrogen-bond donors (Lipinski definition) is 0. The summed E-state index contributed by atoms with van der Waals surface area (Å²) in [7, 11) is 0. The van der Waals surface area contributed by atoms with Gasteiger partial charge in [0.1, 0.15) is 5.69 Å². The summed E-state index contributed by atoms with van der Waals surface area (Å²) in [6.45, 7) is 4.39. The summed E-state index contributed by atoms with van der Waals surface area (Å²) < 4.78 is 68.0. The van der Waals surface area contributed by atoms with Gasteiger partial charge in [-0.05, 0) is 18.9 Å². The van der Waals surface area contributed by atoms with Crippen LogP contribution in [0.4, 0.5) is 27.6 Å². The van der Waals surface area contributed by atoms with Crippen LogP contribution in [0.15, 0.2) is 12.7 Å². The molecule has 2 heterocycles. The molecule has 0 radical (unpaired) electrons. The van der Waals surface area contributed by atoms with Gasteiger partial charge < -0.3 is 14.7 Å². The highest BCUT2D eigenvalue weighted by Gasteiger charge is 2.34. The second-order valence-electron chi connectivity index (χ2n) is 7.03. The van der Waals surface area contributed by atoms with Gasteiger partial charge in [-0.15, -0.1) is 0 Å². The quantitative estimate of drug-likeness (QED) is 0.329. The van der Waals surface area contributed by atoms with Crippen LogP contribution in [0, 0.1) is 35.0 Å². The van der Waals surface area contributed by atoms with E-state index in [1.807, 2.05) is 0 Å². The Morgan fingerprint density at radius 1 is 0.759 bits per heavy atom. The van der Waals surface area contributed by atoms with Gasteiger partial charge in [0.25, 0.3) is 0 Å². The van der Waals surface area contributed by atoms with E-state index >= 15 is 0 Å². The fourth-order valence-corrected chi connectivity index (χ4v) is 3.76. The Hall–Kier alpha value is -2.65. The lowest BCUT2D eigenvalue weighted by Crippen LogP contribution is -2.52. The van der Waals surface area contributed by atoms with Gasteiger partial charge in [0.05, 0.1) is 0 Å². The number of rotatable bonds is 3. The summed E-state index contributed by atoms with van der Waals surface area (Å²) >= 11 is 0. The number of halogens is 5. The molecule has 29 heavy (non-hydrogen) atoms. The Kier molecular flexibility index (Phi) is 6.09. The van der Waals surface area contributed by atoms with Crippen LogP contribution in [-0.4, -0.2) is 60.9 Å². The molecular weight excluding hydrogens is 397 g/mol. The topological polar surface area (TPSA) is 43.9 Å². The predicted molar refractivity (Wildman–Crippen MR) is 94.5 cm³/mol. The third kappa shape index (κ3) is 3.92. The van der Waals surface area contributed by atoms with Crippen molar-refractivity contribution in [3.8, 4) is 0 Å². The first-order valence-electron chi connectivity index (χ1n) is 9.22. The lowest BCUT2D eigenvalue weighted by Gasteiger charge is -2.39. The number of carbonyl (C=O) groups is 2. The molecule has 2 saturated heterocycles. The standard InChI is InChI=1S/C19H20F5N3O2/c1-2-12(28)25-5-3-11(4-6-25)19(29)27-9-7-26(8-10-27)18-16(23)14(21)13(20)15(22)17(18)24/h2,11H,1,3-10H2. The van der Waals surface area contributed by atoms with Crippen LogP contribution in [-0.2, 0) is 9.59 Å². The monoisotopic (exact) mass is 417 g/mol. The van der Waals surface area contributed by atoms with Crippen LogP contribution in [0.5, 0.6) is 0 Å². The fourth-order valence-electron chi connectivity index (χ4n) is 3.76. The zero-order valence-corrected chi connectivity index (χ0v) is 15.6. The zero-order chi connectivity index (χ0) is 21.3. The molecule has 0 bridgehead atoms. The second kappa shape index (κ2) is 8.38. The molecule has 3 rings (SSSR count). The molecule has 0 atom stereocenters. The zero-order valence-electron chi connectivity index (χ0n) is 15.6. The third-order valence-electron chi connectivity index (χ3n) is 5.42. The van der Waals surface area contributed by atoms with E-state index in [0.29, 0.717) is 25.9 Å². The number of anilines is 1. The molecule has 0 N–H and O–H groups in total. The van der Waals surface area contributed by atoms with Crippen molar-refractivity contribution in [2.75, 3.05) is 44.2 Å². The maximum absolute atomic E-state index is 14.0. The minimum Gasteiger partial charge on any atom is -0.363 e. The van der Waals surface area contributed by atoms with E-state index in [1.165, 1.54) is 11.0 Å². The molecule has 2 aliphatic rings. The highest BCUT2D eigenvalue weighted by molar-refractivity contribution is 5.87. The van der Waals surface area contributed by atoms with Crippen molar-refractivity contribution in [2.45, 2.75) is 12.8 Å². The number of hydrogen-bond acceptors (Lipinski definition) is 3. The summed E-state index contributed by atoms with van der Waals surface area (Å²) in [4.78, 5) is 28.5. The minimum atomic E-state index is -2.20. The summed E-state index contributed by atoms with van der Waals surface area (Å²) in [5.41, 5.74) is -0.968. The van der Waals surface area contributed by atoms with Crippen LogP contribution in [0.25, 0.3) is 0 Å². The molecule has 0 spiro atoms. The van der Waals surface area contributed by atoms with E-state index in [4.69, 9.17) is 0 Å². The summed E-state index contributed by atoms with van der Waals surface area (Å²) in [6.07, 6.45) is 2.22. The van der Waals surface area contributed by atoms with Gasteiger partial charge in [0.15, 0.2) is 23.3 Å². The van der Waals surface area contributed by atoms with Gasteiger partial charge in [-0.25, -0.2) is 22.0 Å².